The molecule has 2 amide bonds. The lowest BCUT2D eigenvalue weighted by molar-refractivity contribution is 0.0997. The smallest absolute Gasteiger partial charge is 0.255 e. The van der Waals surface area contributed by atoms with Crippen molar-refractivity contribution in [3.05, 3.63) is 83.6 Å². The van der Waals surface area contributed by atoms with Gasteiger partial charge in [-0.3, -0.25) is 14.6 Å². The third-order valence-electron chi connectivity index (χ3n) is 5.39. The van der Waals surface area contributed by atoms with Gasteiger partial charge in [0, 0.05) is 28.4 Å². The Balaban J connectivity index is 1.60. The minimum Gasteiger partial charge on any atom is -0.366 e. The maximum absolute atomic E-state index is 12.5. The zero-order valence-electron chi connectivity index (χ0n) is 16.6. The molecule has 0 spiro atoms. The number of carbonyl (C=O) groups is 2. The van der Waals surface area contributed by atoms with Crippen molar-refractivity contribution in [2.45, 2.75) is 18.8 Å². The molecule has 1 fully saturated rings. The topological polar surface area (TPSA) is 97.1 Å². The average molecular weight is 400 g/mol. The fourth-order valence-electron chi connectivity index (χ4n) is 3.74. The van der Waals surface area contributed by atoms with Crippen LogP contribution in [0.15, 0.2) is 66.7 Å². The van der Waals surface area contributed by atoms with Crippen LogP contribution in [0.1, 0.15) is 45.2 Å². The number of piperidine rings is 1. The predicted octanol–water partition coefficient (Wildman–Crippen LogP) is 3.57. The fraction of sp³-hybridized carbons (Fsp3) is 0.208. The Morgan fingerprint density at radius 2 is 1.63 bits per heavy atom. The third kappa shape index (κ3) is 4.39. The SMILES string of the molecule is NC(=O)c1ccc(C2CCNCC2)nc1-c1ccc(C(=O)Nc2ccccc2)cc1. The first-order valence-electron chi connectivity index (χ1n) is 10.1. The summed E-state index contributed by atoms with van der Waals surface area (Å²) >= 11 is 0. The largest absolute Gasteiger partial charge is 0.366 e. The standard InChI is InChI=1S/C24H24N4O2/c25-23(29)20-10-11-21(16-12-14-26-15-13-16)28-22(20)17-6-8-18(9-7-17)24(30)27-19-4-2-1-3-5-19/h1-11,16,26H,12-15H2,(H2,25,29)(H,27,30). The van der Waals surface area contributed by atoms with Crippen LogP contribution in [0, 0.1) is 0 Å². The molecule has 0 bridgehead atoms. The van der Waals surface area contributed by atoms with Crippen molar-refractivity contribution in [3.8, 4) is 11.3 Å². The van der Waals surface area contributed by atoms with E-state index < -0.39 is 5.91 Å². The first-order valence-corrected chi connectivity index (χ1v) is 10.1. The number of carbonyl (C=O) groups excluding carboxylic acids is 2. The summed E-state index contributed by atoms with van der Waals surface area (Å²) in [5.41, 5.74) is 9.53. The summed E-state index contributed by atoms with van der Waals surface area (Å²) in [5.74, 6) is -0.345. The summed E-state index contributed by atoms with van der Waals surface area (Å²) in [4.78, 5) is 29.3. The van der Waals surface area contributed by atoms with E-state index in [0.717, 1.165) is 42.9 Å². The van der Waals surface area contributed by atoms with Gasteiger partial charge in [0.1, 0.15) is 0 Å². The molecule has 0 radical (unpaired) electrons. The molecule has 30 heavy (non-hydrogen) atoms. The van der Waals surface area contributed by atoms with Gasteiger partial charge in [-0.15, -0.1) is 0 Å². The van der Waals surface area contributed by atoms with Crippen LogP contribution in [-0.4, -0.2) is 29.9 Å². The minimum absolute atomic E-state index is 0.195. The lowest BCUT2D eigenvalue weighted by atomic mass is 9.92. The Kier molecular flexibility index (Phi) is 5.86. The maximum Gasteiger partial charge on any atom is 0.255 e. The summed E-state index contributed by atoms with van der Waals surface area (Å²) in [6.07, 6.45) is 2.03. The van der Waals surface area contributed by atoms with Crippen molar-refractivity contribution in [1.82, 2.24) is 10.3 Å². The van der Waals surface area contributed by atoms with Crippen molar-refractivity contribution in [1.29, 1.82) is 0 Å². The van der Waals surface area contributed by atoms with E-state index in [1.807, 2.05) is 36.4 Å². The van der Waals surface area contributed by atoms with E-state index in [2.05, 4.69) is 10.6 Å². The molecule has 1 aliphatic heterocycles. The number of hydrogen-bond donors (Lipinski definition) is 3. The number of pyridine rings is 1. The molecule has 0 saturated carbocycles. The van der Waals surface area contributed by atoms with Gasteiger partial charge in [0.2, 0.25) is 0 Å². The lowest BCUT2D eigenvalue weighted by Gasteiger charge is -2.23. The van der Waals surface area contributed by atoms with Gasteiger partial charge >= 0.3 is 0 Å². The number of benzene rings is 2. The summed E-state index contributed by atoms with van der Waals surface area (Å²) in [6, 6.07) is 20.0. The Hall–Kier alpha value is -3.51. The second-order valence-electron chi connectivity index (χ2n) is 7.42. The molecular weight excluding hydrogens is 376 g/mol. The number of nitrogens with zero attached hydrogens (tertiary/aromatic N) is 1. The number of nitrogens with two attached hydrogens (primary N) is 1. The van der Waals surface area contributed by atoms with E-state index in [4.69, 9.17) is 10.7 Å². The number of primary amides is 1. The van der Waals surface area contributed by atoms with Crippen LogP contribution >= 0.6 is 0 Å². The molecule has 0 unspecified atom stereocenters. The summed E-state index contributed by atoms with van der Waals surface area (Å²) in [5, 5.41) is 6.22. The highest BCUT2D eigenvalue weighted by atomic mass is 16.2. The van der Waals surface area contributed by atoms with Crippen molar-refractivity contribution >= 4 is 17.5 Å². The van der Waals surface area contributed by atoms with Crippen molar-refractivity contribution < 1.29 is 9.59 Å². The average Bonchev–Trinajstić information content (AvgIpc) is 2.80. The highest BCUT2D eigenvalue weighted by molar-refractivity contribution is 6.04. The van der Waals surface area contributed by atoms with Crippen LogP contribution < -0.4 is 16.4 Å². The Labute approximate surface area is 175 Å². The van der Waals surface area contributed by atoms with Gasteiger partial charge in [-0.2, -0.15) is 0 Å². The van der Waals surface area contributed by atoms with Gasteiger partial charge in [-0.1, -0.05) is 30.3 Å². The van der Waals surface area contributed by atoms with Gasteiger partial charge < -0.3 is 16.4 Å². The number of amides is 2. The number of rotatable bonds is 5. The highest BCUT2D eigenvalue weighted by Crippen LogP contribution is 2.29. The van der Waals surface area contributed by atoms with Gasteiger partial charge in [0.05, 0.1) is 11.3 Å². The molecule has 6 nitrogen and oxygen atoms in total. The van der Waals surface area contributed by atoms with Crippen LogP contribution in [0.3, 0.4) is 0 Å². The van der Waals surface area contributed by atoms with E-state index in [1.54, 1.807) is 30.3 Å². The van der Waals surface area contributed by atoms with Crippen LogP contribution in [-0.2, 0) is 0 Å². The molecule has 2 heterocycles. The van der Waals surface area contributed by atoms with Crippen LogP contribution in [0.4, 0.5) is 5.69 Å². The molecule has 1 aliphatic rings. The first-order chi connectivity index (χ1) is 14.6. The number of hydrogen-bond acceptors (Lipinski definition) is 4. The molecule has 6 heteroatoms. The summed E-state index contributed by atoms with van der Waals surface area (Å²) in [6.45, 7) is 1.93. The third-order valence-corrected chi connectivity index (χ3v) is 5.39. The second-order valence-corrected chi connectivity index (χ2v) is 7.42. The molecule has 152 valence electrons. The first kappa shape index (κ1) is 19.8. The molecule has 3 aromatic rings. The summed E-state index contributed by atoms with van der Waals surface area (Å²) in [7, 11) is 0. The molecule has 1 saturated heterocycles. The zero-order valence-corrected chi connectivity index (χ0v) is 16.6. The monoisotopic (exact) mass is 400 g/mol. The van der Waals surface area contributed by atoms with Gasteiger partial charge in [-0.05, 0) is 62.3 Å². The van der Waals surface area contributed by atoms with E-state index in [0.29, 0.717) is 22.7 Å². The lowest BCUT2D eigenvalue weighted by Crippen LogP contribution is -2.27. The fourth-order valence-corrected chi connectivity index (χ4v) is 3.74. The molecule has 0 atom stereocenters. The van der Waals surface area contributed by atoms with Crippen LogP contribution in [0.25, 0.3) is 11.3 Å². The molecule has 0 aliphatic carbocycles. The van der Waals surface area contributed by atoms with Crippen LogP contribution in [0.5, 0.6) is 0 Å². The summed E-state index contributed by atoms with van der Waals surface area (Å²) < 4.78 is 0. The molecular formula is C24H24N4O2. The Morgan fingerprint density at radius 1 is 0.933 bits per heavy atom. The predicted molar refractivity (Wildman–Crippen MR) is 117 cm³/mol. The van der Waals surface area contributed by atoms with Gasteiger partial charge in [0.15, 0.2) is 0 Å². The Morgan fingerprint density at radius 3 is 2.30 bits per heavy atom. The molecule has 4 N–H and O–H groups in total. The number of anilines is 1. The normalized spacial score (nSPS) is 14.3. The van der Waals surface area contributed by atoms with Crippen LogP contribution in [0.2, 0.25) is 0 Å². The van der Waals surface area contributed by atoms with Gasteiger partial charge in [0.25, 0.3) is 11.8 Å². The molecule has 2 aromatic carbocycles. The number of nitrogens with one attached hydrogen (secondary N) is 2. The minimum atomic E-state index is -0.514. The van der Waals surface area contributed by atoms with Crippen molar-refractivity contribution in [3.63, 3.8) is 0 Å². The van der Waals surface area contributed by atoms with Gasteiger partial charge in [-0.25, -0.2) is 0 Å². The molecule has 4 rings (SSSR count). The number of aromatic nitrogens is 1. The van der Waals surface area contributed by atoms with E-state index in [1.165, 1.54) is 0 Å². The van der Waals surface area contributed by atoms with Crippen molar-refractivity contribution in [2.75, 3.05) is 18.4 Å². The van der Waals surface area contributed by atoms with Crippen molar-refractivity contribution in [2.24, 2.45) is 5.73 Å². The maximum atomic E-state index is 12.5. The zero-order chi connectivity index (χ0) is 20.9. The number of para-hydroxylation sites is 1. The quantitative estimate of drug-likeness (QED) is 0.610. The Bertz CT molecular complexity index is 1040. The van der Waals surface area contributed by atoms with E-state index in [-0.39, 0.29) is 5.91 Å². The highest BCUT2D eigenvalue weighted by Gasteiger charge is 2.20. The molecule has 1 aromatic heterocycles. The van der Waals surface area contributed by atoms with E-state index in [9.17, 15) is 9.59 Å². The van der Waals surface area contributed by atoms with E-state index >= 15 is 0 Å². The second kappa shape index (κ2) is 8.88.